The van der Waals surface area contributed by atoms with Crippen LogP contribution in [0.1, 0.15) is 52.5 Å². The number of unbranched alkanes of at least 4 members (excludes halogenated alkanes) is 3. The summed E-state index contributed by atoms with van der Waals surface area (Å²) in [6, 6.07) is 7.95. The standard InChI is InChI=1S/C20H30N4O2S/c1-5-6-7-8-13-21-18(25)14-27-20-23-22-19(24(20)15(2)3)16-9-11-17(26-4)12-10-16/h9-12,15H,5-8,13-14H2,1-4H3,(H,21,25). The first-order valence-corrected chi connectivity index (χ1v) is 10.5. The molecule has 27 heavy (non-hydrogen) atoms. The molecular formula is C20H30N4O2S. The van der Waals surface area contributed by atoms with E-state index in [1.165, 1.54) is 24.6 Å². The number of nitrogens with one attached hydrogen (secondary N) is 1. The van der Waals surface area contributed by atoms with Gasteiger partial charge >= 0.3 is 0 Å². The van der Waals surface area contributed by atoms with E-state index in [0.717, 1.165) is 41.7 Å². The van der Waals surface area contributed by atoms with Crippen molar-refractivity contribution in [1.29, 1.82) is 0 Å². The molecule has 0 aliphatic rings. The van der Waals surface area contributed by atoms with E-state index >= 15 is 0 Å². The zero-order valence-corrected chi connectivity index (χ0v) is 17.5. The number of benzene rings is 1. The molecule has 0 saturated carbocycles. The van der Waals surface area contributed by atoms with Crippen molar-refractivity contribution in [3.63, 3.8) is 0 Å². The van der Waals surface area contributed by atoms with Gasteiger partial charge in [-0.25, -0.2) is 0 Å². The second-order valence-corrected chi connectivity index (χ2v) is 7.64. The number of hydrogen-bond donors (Lipinski definition) is 1. The lowest BCUT2D eigenvalue weighted by molar-refractivity contribution is -0.118. The van der Waals surface area contributed by atoms with Crippen molar-refractivity contribution in [2.75, 3.05) is 19.4 Å². The van der Waals surface area contributed by atoms with Crippen LogP contribution in [0.15, 0.2) is 29.4 Å². The summed E-state index contributed by atoms with van der Waals surface area (Å²) in [6.45, 7) is 7.11. The van der Waals surface area contributed by atoms with Gasteiger partial charge in [0.25, 0.3) is 0 Å². The first-order valence-electron chi connectivity index (χ1n) is 9.55. The molecule has 2 aromatic rings. The molecule has 0 saturated heterocycles. The van der Waals surface area contributed by atoms with Gasteiger partial charge in [0, 0.05) is 18.2 Å². The third kappa shape index (κ3) is 6.27. The molecule has 148 valence electrons. The number of amides is 1. The zero-order valence-electron chi connectivity index (χ0n) is 16.7. The molecule has 1 amide bonds. The topological polar surface area (TPSA) is 69.0 Å². The second kappa shape index (κ2) is 11.0. The summed E-state index contributed by atoms with van der Waals surface area (Å²) in [5.41, 5.74) is 0.976. The van der Waals surface area contributed by atoms with E-state index in [9.17, 15) is 4.79 Å². The number of carbonyl (C=O) groups excluding carboxylic acids is 1. The quantitative estimate of drug-likeness (QED) is 0.457. The molecule has 7 heteroatoms. The molecule has 0 unspecified atom stereocenters. The monoisotopic (exact) mass is 390 g/mol. The molecule has 2 rings (SSSR count). The highest BCUT2D eigenvalue weighted by atomic mass is 32.2. The molecule has 0 atom stereocenters. The molecular weight excluding hydrogens is 360 g/mol. The lowest BCUT2D eigenvalue weighted by Crippen LogP contribution is -2.26. The molecule has 0 aliphatic carbocycles. The largest absolute Gasteiger partial charge is 0.497 e. The maximum absolute atomic E-state index is 12.1. The Morgan fingerprint density at radius 3 is 2.56 bits per heavy atom. The Morgan fingerprint density at radius 1 is 1.19 bits per heavy atom. The van der Waals surface area contributed by atoms with Gasteiger partial charge in [0.1, 0.15) is 5.75 Å². The highest BCUT2D eigenvalue weighted by Crippen LogP contribution is 2.28. The number of aromatic nitrogens is 3. The highest BCUT2D eigenvalue weighted by Gasteiger charge is 2.17. The summed E-state index contributed by atoms with van der Waals surface area (Å²) >= 11 is 1.43. The third-order valence-electron chi connectivity index (χ3n) is 4.21. The van der Waals surface area contributed by atoms with Crippen molar-refractivity contribution >= 4 is 17.7 Å². The van der Waals surface area contributed by atoms with Crippen LogP contribution >= 0.6 is 11.8 Å². The lowest BCUT2D eigenvalue weighted by atomic mass is 10.2. The van der Waals surface area contributed by atoms with E-state index in [0.29, 0.717) is 5.75 Å². The number of thioether (sulfide) groups is 1. The summed E-state index contributed by atoms with van der Waals surface area (Å²) in [5.74, 6) is 2.00. The Bertz CT molecular complexity index is 713. The summed E-state index contributed by atoms with van der Waals surface area (Å²) < 4.78 is 7.29. The lowest BCUT2D eigenvalue weighted by Gasteiger charge is -2.14. The maximum Gasteiger partial charge on any atom is 0.230 e. The van der Waals surface area contributed by atoms with E-state index in [2.05, 4.69) is 40.9 Å². The van der Waals surface area contributed by atoms with Crippen LogP contribution in [0.2, 0.25) is 0 Å². The third-order valence-corrected chi connectivity index (χ3v) is 5.16. The molecule has 0 spiro atoms. The molecule has 0 aliphatic heterocycles. The van der Waals surface area contributed by atoms with Crippen LogP contribution < -0.4 is 10.1 Å². The van der Waals surface area contributed by atoms with Crippen LogP contribution in [-0.2, 0) is 4.79 Å². The van der Waals surface area contributed by atoms with E-state index in [4.69, 9.17) is 4.74 Å². The number of ether oxygens (including phenoxy) is 1. The maximum atomic E-state index is 12.1. The SMILES string of the molecule is CCCCCCNC(=O)CSc1nnc(-c2ccc(OC)cc2)n1C(C)C. The van der Waals surface area contributed by atoms with E-state index in [1.54, 1.807) is 7.11 Å². The van der Waals surface area contributed by atoms with Gasteiger partial charge in [0.05, 0.1) is 12.9 Å². The van der Waals surface area contributed by atoms with Crippen molar-refractivity contribution in [1.82, 2.24) is 20.1 Å². The predicted octanol–water partition coefficient (Wildman–Crippen LogP) is 4.32. The number of hydrogen-bond acceptors (Lipinski definition) is 5. The Labute approximate surface area is 166 Å². The molecule has 0 bridgehead atoms. The van der Waals surface area contributed by atoms with Crippen molar-refractivity contribution in [3.05, 3.63) is 24.3 Å². The fourth-order valence-corrected chi connectivity index (χ4v) is 3.64. The van der Waals surface area contributed by atoms with Crippen LogP contribution in [0.3, 0.4) is 0 Å². The molecule has 0 radical (unpaired) electrons. The van der Waals surface area contributed by atoms with Gasteiger partial charge in [-0.15, -0.1) is 10.2 Å². The number of rotatable bonds is 11. The average Bonchev–Trinajstić information content (AvgIpc) is 3.10. The summed E-state index contributed by atoms with van der Waals surface area (Å²) in [4.78, 5) is 12.1. The Balaban J connectivity index is 1.99. The van der Waals surface area contributed by atoms with Gasteiger partial charge in [-0.2, -0.15) is 0 Å². The van der Waals surface area contributed by atoms with Gasteiger partial charge in [-0.05, 0) is 44.5 Å². The fraction of sp³-hybridized carbons (Fsp3) is 0.550. The predicted molar refractivity (Wildman–Crippen MR) is 110 cm³/mol. The van der Waals surface area contributed by atoms with Crippen molar-refractivity contribution in [3.8, 4) is 17.1 Å². The van der Waals surface area contributed by atoms with Crippen LogP contribution in [0.5, 0.6) is 5.75 Å². The number of carbonyl (C=O) groups is 1. The smallest absolute Gasteiger partial charge is 0.230 e. The van der Waals surface area contributed by atoms with Gasteiger partial charge in [0.15, 0.2) is 11.0 Å². The van der Waals surface area contributed by atoms with E-state index in [1.807, 2.05) is 24.3 Å². The van der Waals surface area contributed by atoms with Crippen molar-refractivity contribution in [2.45, 2.75) is 57.7 Å². The fourth-order valence-electron chi connectivity index (χ4n) is 2.74. The van der Waals surface area contributed by atoms with Gasteiger partial charge in [-0.1, -0.05) is 37.9 Å². The average molecular weight is 391 g/mol. The van der Waals surface area contributed by atoms with Gasteiger partial charge < -0.3 is 10.1 Å². The van der Waals surface area contributed by atoms with E-state index in [-0.39, 0.29) is 11.9 Å². The Morgan fingerprint density at radius 2 is 1.93 bits per heavy atom. The molecule has 1 aromatic heterocycles. The van der Waals surface area contributed by atoms with Crippen LogP contribution in [0.4, 0.5) is 0 Å². The van der Waals surface area contributed by atoms with Gasteiger partial charge in [-0.3, -0.25) is 9.36 Å². The number of methoxy groups -OCH3 is 1. The van der Waals surface area contributed by atoms with Crippen molar-refractivity contribution < 1.29 is 9.53 Å². The second-order valence-electron chi connectivity index (χ2n) is 6.70. The first-order chi connectivity index (χ1) is 13.1. The molecule has 1 N–H and O–H groups in total. The van der Waals surface area contributed by atoms with Gasteiger partial charge in [0.2, 0.25) is 5.91 Å². The zero-order chi connectivity index (χ0) is 19.6. The normalized spacial score (nSPS) is 11.0. The number of nitrogens with zero attached hydrogens (tertiary/aromatic N) is 3. The molecule has 6 nitrogen and oxygen atoms in total. The minimum atomic E-state index is 0.0424. The Hall–Kier alpha value is -2.02. The van der Waals surface area contributed by atoms with E-state index < -0.39 is 0 Å². The minimum absolute atomic E-state index is 0.0424. The summed E-state index contributed by atoms with van der Waals surface area (Å²) in [5, 5.41) is 12.4. The van der Waals surface area contributed by atoms with Crippen molar-refractivity contribution in [2.24, 2.45) is 0 Å². The van der Waals surface area contributed by atoms with Crippen LogP contribution in [0.25, 0.3) is 11.4 Å². The van der Waals surface area contributed by atoms with Crippen LogP contribution in [-0.4, -0.2) is 40.1 Å². The highest BCUT2D eigenvalue weighted by molar-refractivity contribution is 7.99. The van der Waals surface area contributed by atoms with Crippen LogP contribution in [0, 0.1) is 0 Å². The minimum Gasteiger partial charge on any atom is -0.497 e. The molecule has 1 heterocycles. The molecule has 1 aromatic carbocycles. The first kappa shape index (κ1) is 21.3. The Kier molecular flexibility index (Phi) is 8.64. The summed E-state index contributed by atoms with van der Waals surface area (Å²) in [6.07, 6.45) is 4.62. The molecule has 0 fully saturated rings. The summed E-state index contributed by atoms with van der Waals surface area (Å²) in [7, 11) is 1.65.